The molecule has 1 aliphatic heterocycles. The Kier molecular flexibility index (Phi) is 11.1. The van der Waals surface area contributed by atoms with Crippen LogP contribution in [-0.4, -0.2) is 55.8 Å². The van der Waals surface area contributed by atoms with Crippen LogP contribution in [0.3, 0.4) is 0 Å². The van der Waals surface area contributed by atoms with Crippen LogP contribution < -0.4 is 10.6 Å². The molecule has 0 unspecified atom stereocenters. The number of nitrogens with one attached hydrogen (secondary N) is 2. The molecule has 1 amide bonds. The van der Waals surface area contributed by atoms with E-state index in [1.807, 2.05) is 19.9 Å². The number of benzene rings is 1. The molecule has 1 aliphatic rings. The van der Waals surface area contributed by atoms with Crippen LogP contribution in [0.25, 0.3) is 0 Å². The van der Waals surface area contributed by atoms with E-state index in [4.69, 9.17) is 4.74 Å². The van der Waals surface area contributed by atoms with Crippen LogP contribution in [0.5, 0.6) is 0 Å². The van der Waals surface area contributed by atoms with Gasteiger partial charge in [0.05, 0.1) is 6.61 Å². The lowest BCUT2D eigenvalue weighted by Crippen LogP contribution is -2.50. The van der Waals surface area contributed by atoms with Crippen molar-refractivity contribution in [1.29, 1.82) is 0 Å². The quantitative estimate of drug-likeness (QED) is 0.364. The number of likely N-dealkylation sites (tertiary alicyclic amines) is 1. The third-order valence-corrected chi connectivity index (χ3v) is 4.27. The Balaban J connectivity index is 0.00000364. The maximum absolute atomic E-state index is 13.2. The lowest BCUT2D eigenvalue weighted by molar-refractivity contribution is 0.0963. The number of ether oxygens (including phenoxy) is 1. The van der Waals surface area contributed by atoms with Crippen LogP contribution in [-0.2, 0) is 11.2 Å². The van der Waals surface area contributed by atoms with Crippen molar-refractivity contribution in [2.45, 2.75) is 39.2 Å². The maximum atomic E-state index is 13.2. The van der Waals surface area contributed by atoms with Crippen LogP contribution in [0.2, 0.25) is 0 Å². The molecule has 0 spiro atoms. The van der Waals surface area contributed by atoms with Gasteiger partial charge in [0.2, 0.25) is 0 Å². The molecule has 6 nitrogen and oxygen atoms in total. The van der Waals surface area contributed by atoms with Crippen molar-refractivity contribution in [3.63, 3.8) is 0 Å². The molecule has 1 aromatic rings. The Labute approximate surface area is 178 Å². The fraction of sp³-hybridized carbons (Fsp3) is 0.579. The Morgan fingerprint density at radius 3 is 2.70 bits per heavy atom. The van der Waals surface area contributed by atoms with Gasteiger partial charge in [0.25, 0.3) is 0 Å². The normalized spacial score (nSPS) is 15.1. The first-order valence-corrected chi connectivity index (χ1v) is 9.33. The molecule has 0 saturated carbocycles. The second-order valence-corrected chi connectivity index (χ2v) is 6.25. The van der Waals surface area contributed by atoms with E-state index in [1.165, 1.54) is 6.07 Å². The van der Waals surface area contributed by atoms with E-state index in [0.717, 1.165) is 30.9 Å². The third kappa shape index (κ3) is 8.32. The van der Waals surface area contributed by atoms with E-state index in [-0.39, 0.29) is 41.9 Å². The van der Waals surface area contributed by atoms with Crippen LogP contribution in [0, 0.1) is 5.82 Å². The van der Waals surface area contributed by atoms with Crippen molar-refractivity contribution in [3.8, 4) is 0 Å². The monoisotopic (exact) mass is 492 g/mol. The Hall–Kier alpha value is -1.58. The summed E-state index contributed by atoms with van der Waals surface area (Å²) in [5.74, 6) is 0.545. The van der Waals surface area contributed by atoms with E-state index in [0.29, 0.717) is 32.7 Å². The summed E-state index contributed by atoms with van der Waals surface area (Å²) in [5, 5.41) is 6.67. The largest absolute Gasteiger partial charge is 0.450 e. The van der Waals surface area contributed by atoms with Crippen molar-refractivity contribution in [3.05, 3.63) is 35.6 Å². The van der Waals surface area contributed by atoms with E-state index >= 15 is 0 Å². The minimum absolute atomic E-state index is 0. The first-order chi connectivity index (χ1) is 12.6. The minimum atomic E-state index is -0.235. The number of halogens is 2. The molecule has 27 heavy (non-hydrogen) atoms. The van der Waals surface area contributed by atoms with E-state index in [9.17, 15) is 9.18 Å². The van der Waals surface area contributed by atoms with Gasteiger partial charge >= 0.3 is 6.09 Å². The number of carbonyl (C=O) groups excluding carboxylic acids is 1. The molecular formula is C19H30FIN4O2. The number of piperidine rings is 1. The Bertz CT molecular complexity index is 607. The number of rotatable bonds is 6. The van der Waals surface area contributed by atoms with Crippen LogP contribution in [0.4, 0.5) is 9.18 Å². The minimum Gasteiger partial charge on any atom is -0.450 e. The van der Waals surface area contributed by atoms with Crippen molar-refractivity contribution in [2.75, 3.05) is 32.8 Å². The topological polar surface area (TPSA) is 66.0 Å². The van der Waals surface area contributed by atoms with Gasteiger partial charge in [-0.1, -0.05) is 12.1 Å². The number of guanidine groups is 1. The Morgan fingerprint density at radius 1 is 1.33 bits per heavy atom. The number of amides is 1. The smallest absolute Gasteiger partial charge is 0.409 e. The fourth-order valence-electron chi connectivity index (χ4n) is 2.92. The summed E-state index contributed by atoms with van der Waals surface area (Å²) in [6.07, 6.45) is 2.16. The number of hydrogen-bond acceptors (Lipinski definition) is 3. The highest BCUT2D eigenvalue weighted by molar-refractivity contribution is 14.0. The first-order valence-electron chi connectivity index (χ1n) is 9.33. The van der Waals surface area contributed by atoms with Gasteiger partial charge in [-0.3, -0.25) is 4.99 Å². The third-order valence-electron chi connectivity index (χ3n) is 4.27. The SMILES string of the molecule is CCNC(=NCCc1cccc(F)c1)NC1CCN(C(=O)OCC)CC1.I. The van der Waals surface area contributed by atoms with Crippen LogP contribution in [0.1, 0.15) is 32.3 Å². The van der Waals surface area contributed by atoms with E-state index in [2.05, 4.69) is 15.6 Å². The van der Waals surface area contributed by atoms with Crippen LogP contribution in [0.15, 0.2) is 29.3 Å². The summed E-state index contributed by atoms with van der Waals surface area (Å²) in [4.78, 5) is 18.1. The number of hydrogen-bond donors (Lipinski definition) is 2. The van der Waals surface area contributed by atoms with Crippen molar-refractivity contribution >= 4 is 36.0 Å². The highest BCUT2D eigenvalue weighted by atomic mass is 127. The second kappa shape index (κ2) is 12.7. The molecule has 0 bridgehead atoms. The first kappa shape index (κ1) is 23.5. The predicted molar refractivity (Wildman–Crippen MR) is 116 cm³/mol. The van der Waals surface area contributed by atoms with Crippen LogP contribution >= 0.6 is 24.0 Å². The molecule has 8 heteroatoms. The second-order valence-electron chi connectivity index (χ2n) is 6.25. The molecule has 152 valence electrons. The van der Waals surface area contributed by atoms with Gasteiger partial charge in [0, 0.05) is 32.2 Å². The van der Waals surface area contributed by atoms with Gasteiger partial charge in [-0.2, -0.15) is 0 Å². The molecule has 1 aromatic carbocycles. The summed E-state index contributed by atoms with van der Waals surface area (Å²) in [6, 6.07) is 6.88. The van der Waals surface area contributed by atoms with E-state index < -0.39 is 0 Å². The summed E-state index contributed by atoms with van der Waals surface area (Å²) in [6.45, 7) is 6.95. The van der Waals surface area contributed by atoms with Crippen molar-refractivity contribution < 1.29 is 13.9 Å². The van der Waals surface area contributed by atoms with Gasteiger partial charge < -0.3 is 20.3 Å². The molecule has 0 radical (unpaired) electrons. The van der Waals surface area contributed by atoms with Gasteiger partial charge in [-0.15, -0.1) is 24.0 Å². The number of aliphatic imine (C=N–C) groups is 1. The fourth-order valence-corrected chi connectivity index (χ4v) is 2.92. The Morgan fingerprint density at radius 2 is 2.07 bits per heavy atom. The summed E-state index contributed by atoms with van der Waals surface area (Å²) in [7, 11) is 0. The predicted octanol–water partition coefficient (Wildman–Crippen LogP) is 3.16. The summed E-state index contributed by atoms with van der Waals surface area (Å²) < 4.78 is 18.3. The van der Waals surface area contributed by atoms with Crippen molar-refractivity contribution in [2.24, 2.45) is 4.99 Å². The summed E-state index contributed by atoms with van der Waals surface area (Å²) in [5.41, 5.74) is 0.937. The van der Waals surface area contributed by atoms with Gasteiger partial charge in [0.1, 0.15) is 5.82 Å². The molecule has 0 atom stereocenters. The van der Waals surface area contributed by atoms with Crippen molar-refractivity contribution in [1.82, 2.24) is 15.5 Å². The van der Waals surface area contributed by atoms with Gasteiger partial charge in [-0.25, -0.2) is 9.18 Å². The molecule has 2 rings (SSSR count). The molecule has 1 saturated heterocycles. The lowest BCUT2D eigenvalue weighted by atomic mass is 10.1. The molecule has 0 aromatic heterocycles. The molecular weight excluding hydrogens is 462 g/mol. The number of carbonyl (C=O) groups is 1. The zero-order valence-electron chi connectivity index (χ0n) is 16.0. The molecule has 1 fully saturated rings. The van der Waals surface area contributed by atoms with Gasteiger partial charge in [0.15, 0.2) is 5.96 Å². The molecule has 0 aliphatic carbocycles. The standard InChI is InChI=1S/C19H29FN4O2.HI/c1-3-21-18(22-11-8-15-6-5-7-16(20)14-15)23-17-9-12-24(13-10-17)19(25)26-4-2;/h5-7,14,17H,3-4,8-13H2,1-2H3,(H2,21,22,23);1H. The highest BCUT2D eigenvalue weighted by Crippen LogP contribution is 2.11. The van der Waals surface area contributed by atoms with Gasteiger partial charge in [-0.05, 0) is 50.8 Å². The average Bonchev–Trinajstić information content (AvgIpc) is 2.63. The zero-order valence-corrected chi connectivity index (χ0v) is 18.4. The molecule has 1 heterocycles. The lowest BCUT2D eigenvalue weighted by Gasteiger charge is -2.32. The highest BCUT2D eigenvalue weighted by Gasteiger charge is 2.23. The average molecular weight is 492 g/mol. The van der Waals surface area contributed by atoms with E-state index in [1.54, 1.807) is 17.0 Å². The summed E-state index contributed by atoms with van der Waals surface area (Å²) >= 11 is 0. The maximum Gasteiger partial charge on any atom is 0.409 e. The zero-order chi connectivity index (χ0) is 18.8. The number of nitrogens with zero attached hydrogens (tertiary/aromatic N) is 2. The molecule has 2 N–H and O–H groups in total.